The molecule has 3 aromatic heterocycles. The SMILES string of the molecule is CO[C@]1(c2cc(C)cc(-c3cn(C)c4nnc(Cl)cc34)n2)CCOC1. The number of rotatable bonds is 3. The lowest BCUT2D eigenvalue weighted by atomic mass is 9.95. The minimum Gasteiger partial charge on any atom is -0.378 e. The summed E-state index contributed by atoms with van der Waals surface area (Å²) in [5.74, 6) is 0. The molecule has 4 rings (SSSR count). The van der Waals surface area contributed by atoms with E-state index in [4.69, 9.17) is 26.1 Å². The number of fused-ring (bicyclic) bond motifs is 1. The maximum atomic E-state index is 6.06. The van der Waals surface area contributed by atoms with E-state index in [2.05, 4.69) is 29.3 Å². The van der Waals surface area contributed by atoms with Crippen LogP contribution in [0.5, 0.6) is 0 Å². The van der Waals surface area contributed by atoms with Crippen molar-refractivity contribution in [2.45, 2.75) is 18.9 Å². The first kappa shape index (κ1) is 16.4. The maximum absolute atomic E-state index is 6.06. The third-order valence-corrected chi connectivity index (χ3v) is 4.96. The van der Waals surface area contributed by atoms with Gasteiger partial charge in [-0.05, 0) is 30.7 Å². The van der Waals surface area contributed by atoms with E-state index in [-0.39, 0.29) is 0 Å². The smallest absolute Gasteiger partial charge is 0.163 e. The van der Waals surface area contributed by atoms with Crippen molar-refractivity contribution < 1.29 is 9.47 Å². The number of nitrogens with zero attached hydrogens (tertiary/aromatic N) is 4. The first-order valence-electron chi connectivity index (χ1n) is 8.13. The summed E-state index contributed by atoms with van der Waals surface area (Å²) in [4.78, 5) is 4.91. The van der Waals surface area contributed by atoms with E-state index in [0.29, 0.717) is 18.4 Å². The lowest BCUT2D eigenvalue weighted by Gasteiger charge is -2.26. The molecule has 0 aromatic carbocycles. The molecule has 0 aliphatic carbocycles. The van der Waals surface area contributed by atoms with Gasteiger partial charge in [0.15, 0.2) is 10.8 Å². The summed E-state index contributed by atoms with van der Waals surface area (Å²) in [6.45, 7) is 3.26. The highest BCUT2D eigenvalue weighted by atomic mass is 35.5. The molecule has 1 atom stereocenters. The summed E-state index contributed by atoms with van der Waals surface area (Å²) < 4.78 is 13.3. The van der Waals surface area contributed by atoms with Gasteiger partial charge < -0.3 is 14.0 Å². The van der Waals surface area contributed by atoms with Crippen LogP contribution in [0.15, 0.2) is 24.4 Å². The van der Waals surface area contributed by atoms with Crippen molar-refractivity contribution in [3.8, 4) is 11.3 Å². The molecular weight excluding hydrogens is 340 g/mol. The molecule has 1 aliphatic rings. The molecule has 0 amide bonds. The van der Waals surface area contributed by atoms with Gasteiger partial charge in [-0.15, -0.1) is 10.2 Å². The topological polar surface area (TPSA) is 62.1 Å². The molecule has 0 saturated carbocycles. The summed E-state index contributed by atoms with van der Waals surface area (Å²) in [7, 11) is 3.65. The molecule has 0 unspecified atom stereocenters. The second-order valence-electron chi connectivity index (χ2n) is 6.47. The predicted octanol–water partition coefficient (Wildman–Crippen LogP) is 3.25. The highest BCUT2D eigenvalue weighted by Gasteiger charge is 2.38. The molecule has 130 valence electrons. The third-order valence-electron chi connectivity index (χ3n) is 4.78. The van der Waals surface area contributed by atoms with Crippen molar-refractivity contribution in [2.75, 3.05) is 20.3 Å². The van der Waals surface area contributed by atoms with Crippen LogP contribution < -0.4 is 0 Å². The Morgan fingerprint density at radius 2 is 2.12 bits per heavy atom. The Labute approximate surface area is 150 Å². The summed E-state index contributed by atoms with van der Waals surface area (Å²) in [6.07, 6.45) is 2.80. The van der Waals surface area contributed by atoms with Gasteiger partial charge in [-0.25, -0.2) is 4.98 Å². The average Bonchev–Trinajstić information content (AvgIpc) is 3.20. The predicted molar refractivity (Wildman–Crippen MR) is 95.6 cm³/mol. The lowest BCUT2D eigenvalue weighted by Crippen LogP contribution is -2.30. The Bertz CT molecular complexity index is 948. The molecule has 4 heterocycles. The van der Waals surface area contributed by atoms with E-state index in [0.717, 1.165) is 40.0 Å². The molecule has 0 radical (unpaired) electrons. The van der Waals surface area contributed by atoms with Crippen LogP contribution in [0.1, 0.15) is 17.7 Å². The molecule has 0 spiro atoms. The zero-order valence-corrected chi connectivity index (χ0v) is 15.2. The normalized spacial score (nSPS) is 20.5. The van der Waals surface area contributed by atoms with E-state index < -0.39 is 5.60 Å². The van der Waals surface area contributed by atoms with Crippen molar-refractivity contribution in [3.63, 3.8) is 0 Å². The molecule has 1 aliphatic heterocycles. The van der Waals surface area contributed by atoms with Crippen LogP contribution in [-0.4, -0.2) is 40.1 Å². The largest absolute Gasteiger partial charge is 0.378 e. The number of hydrogen-bond donors (Lipinski definition) is 0. The highest BCUT2D eigenvalue weighted by Crippen LogP contribution is 2.36. The Hall–Kier alpha value is -2.02. The minimum absolute atomic E-state index is 0.366. The molecule has 6 nitrogen and oxygen atoms in total. The van der Waals surface area contributed by atoms with Crippen LogP contribution in [0.4, 0.5) is 0 Å². The summed E-state index contributed by atoms with van der Waals surface area (Å²) in [5.41, 5.74) is 4.15. The first-order chi connectivity index (χ1) is 12.0. The van der Waals surface area contributed by atoms with Crippen molar-refractivity contribution in [1.82, 2.24) is 19.7 Å². The fourth-order valence-corrected chi connectivity index (χ4v) is 3.55. The molecule has 0 bridgehead atoms. The summed E-state index contributed by atoms with van der Waals surface area (Å²) in [5, 5.41) is 9.42. The van der Waals surface area contributed by atoms with Crippen molar-refractivity contribution in [1.29, 1.82) is 0 Å². The molecule has 1 saturated heterocycles. The van der Waals surface area contributed by atoms with Crippen LogP contribution in [0, 0.1) is 6.92 Å². The van der Waals surface area contributed by atoms with E-state index >= 15 is 0 Å². The van der Waals surface area contributed by atoms with Gasteiger partial charge in [0.05, 0.1) is 18.0 Å². The minimum atomic E-state index is -0.483. The highest BCUT2D eigenvalue weighted by molar-refractivity contribution is 6.30. The van der Waals surface area contributed by atoms with Crippen LogP contribution in [0.2, 0.25) is 5.15 Å². The fraction of sp³-hybridized carbons (Fsp3) is 0.389. The molecule has 0 N–H and O–H groups in total. The van der Waals surface area contributed by atoms with E-state index in [1.54, 1.807) is 7.11 Å². The second-order valence-corrected chi connectivity index (χ2v) is 6.86. The number of aromatic nitrogens is 4. The number of halogens is 1. The standard InChI is InChI=1S/C18H19ClN4O2/c1-11-6-14(20-15(7-11)18(24-3)4-5-25-10-18)13-9-23(2)17-12(13)8-16(19)21-22-17/h6-9H,4-5,10H2,1-3H3/t18-/m1/s1. The molecule has 25 heavy (non-hydrogen) atoms. The zero-order chi connectivity index (χ0) is 17.6. The van der Waals surface area contributed by atoms with E-state index in [9.17, 15) is 0 Å². The van der Waals surface area contributed by atoms with E-state index in [1.807, 2.05) is 23.9 Å². The van der Waals surface area contributed by atoms with Gasteiger partial charge in [0.2, 0.25) is 0 Å². The van der Waals surface area contributed by atoms with Crippen molar-refractivity contribution in [3.05, 3.63) is 40.8 Å². The van der Waals surface area contributed by atoms with Gasteiger partial charge in [-0.2, -0.15) is 0 Å². The Morgan fingerprint density at radius 3 is 2.84 bits per heavy atom. The maximum Gasteiger partial charge on any atom is 0.163 e. The summed E-state index contributed by atoms with van der Waals surface area (Å²) >= 11 is 6.06. The number of methoxy groups -OCH3 is 1. The Kier molecular flexibility index (Phi) is 3.98. The number of aryl methyl sites for hydroxylation is 2. The summed E-state index contributed by atoms with van der Waals surface area (Å²) in [6, 6.07) is 5.96. The zero-order valence-electron chi connectivity index (χ0n) is 14.4. The van der Waals surface area contributed by atoms with Crippen LogP contribution in [-0.2, 0) is 22.1 Å². The van der Waals surface area contributed by atoms with Gasteiger partial charge >= 0.3 is 0 Å². The molecule has 3 aromatic rings. The number of ether oxygens (including phenoxy) is 2. The Balaban J connectivity index is 1.91. The van der Waals surface area contributed by atoms with Gasteiger partial charge in [-0.1, -0.05) is 11.6 Å². The van der Waals surface area contributed by atoms with E-state index in [1.165, 1.54) is 0 Å². The van der Waals surface area contributed by atoms with Crippen molar-refractivity contribution >= 4 is 22.6 Å². The third kappa shape index (κ3) is 2.70. The number of pyridine rings is 1. The second kappa shape index (κ2) is 6.05. The monoisotopic (exact) mass is 358 g/mol. The quantitative estimate of drug-likeness (QED) is 0.719. The van der Waals surface area contributed by atoms with Crippen LogP contribution >= 0.6 is 11.6 Å². The van der Waals surface area contributed by atoms with Gasteiger partial charge in [0.1, 0.15) is 5.60 Å². The first-order valence-corrected chi connectivity index (χ1v) is 8.51. The fourth-order valence-electron chi connectivity index (χ4n) is 3.40. The molecular formula is C18H19ClN4O2. The Morgan fingerprint density at radius 1 is 1.28 bits per heavy atom. The van der Waals surface area contributed by atoms with Crippen molar-refractivity contribution in [2.24, 2.45) is 7.05 Å². The van der Waals surface area contributed by atoms with Crippen LogP contribution in [0.25, 0.3) is 22.3 Å². The van der Waals surface area contributed by atoms with Gasteiger partial charge in [0, 0.05) is 44.3 Å². The van der Waals surface area contributed by atoms with Gasteiger partial charge in [0.25, 0.3) is 0 Å². The molecule has 7 heteroatoms. The van der Waals surface area contributed by atoms with Crippen LogP contribution in [0.3, 0.4) is 0 Å². The lowest BCUT2D eigenvalue weighted by molar-refractivity contribution is -0.0245. The number of hydrogen-bond acceptors (Lipinski definition) is 5. The molecule has 1 fully saturated rings. The average molecular weight is 359 g/mol. The van der Waals surface area contributed by atoms with Gasteiger partial charge in [-0.3, -0.25) is 0 Å².